The Bertz CT molecular complexity index is 59.8. The molecule has 0 aliphatic heterocycles. The highest BCUT2D eigenvalue weighted by atomic mass is 16.4. The van der Waals surface area contributed by atoms with E-state index in [9.17, 15) is 0 Å². The van der Waals surface area contributed by atoms with Gasteiger partial charge in [0.05, 0.1) is 0 Å². The molecule has 0 saturated carbocycles. The van der Waals surface area contributed by atoms with Crippen LogP contribution in [0.3, 0.4) is 0 Å². The molecule has 0 aromatic carbocycles. The number of aliphatic carboxylic acids is 1. The molecule has 0 fully saturated rings. The largest absolute Gasteiger partial charge is 0.477 e. The topological polar surface area (TPSA) is 61.2 Å². The molecule has 0 atom stereocenters. The summed E-state index contributed by atoms with van der Waals surface area (Å²) in [4.78, 5) is 9.12. The van der Waals surface area contributed by atoms with Crippen LogP contribution in [0.25, 0.3) is 0 Å². The first-order valence-corrected chi connectivity index (χ1v) is 1.01. The zero-order chi connectivity index (χ0) is 4.28. The van der Waals surface area contributed by atoms with Crippen LogP contribution >= 0.6 is 0 Å². The predicted molar refractivity (Wildman–Crippen MR) is 23.2 cm³/mol. The minimum absolute atomic E-state index is 0. The highest BCUT2D eigenvalue weighted by Gasteiger charge is 1.76. The van der Waals surface area contributed by atoms with Gasteiger partial charge in [0.25, 0.3) is 0 Å². The van der Waals surface area contributed by atoms with Gasteiger partial charge in [0.1, 0.15) is 6.21 Å². The fraction of sp³-hybridized carbons (Fsp3) is 0.333. The van der Waals surface area contributed by atoms with Crippen molar-refractivity contribution in [1.82, 2.24) is 0 Å². The summed E-state index contributed by atoms with van der Waals surface area (Å²) in [5, 5.41) is 13.4. The highest BCUT2D eigenvalue weighted by Crippen LogP contribution is 1.40. The van der Waals surface area contributed by atoms with Gasteiger partial charge >= 0.3 is 5.97 Å². The van der Waals surface area contributed by atoms with E-state index in [4.69, 9.17) is 15.3 Å². The molecule has 0 rings (SSSR count). The van der Waals surface area contributed by atoms with E-state index in [1.807, 2.05) is 0 Å². The average Bonchev–Trinajstić information content (AvgIpc) is 1.38. The van der Waals surface area contributed by atoms with Crippen molar-refractivity contribution in [3.8, 4) is 0 Å². The molecule has 0 saturated heterocycles. The molecule has 3 heteroatoms. The summed E-state index contributed by atoms with van der Waals surface area (Å²) in [6.07, 6.45) is 0.333. The number of carbonyl (C=O) groups is 1. The van der Waals surface area contributed by atoms with E-state index >= 15 is 0 Å². The second-order valence-electron chi connectivity index (χ2n) is 0.483. The molecule has 2 N–H and O–H groups in total. The summed E-state index contributed by atoms with van der Waals surface area (Å²) in [5.74, 6) is -1.20. The lowest BCUT2D eigenvalue weighted by Crippen LogP contribution is -1.91. The molecule has 0 aliphatic rings. The molecule has 0 radical (unpaired) electrons. The molecular formula is C3H7NO2. The van der Waals surface area contributed by atoms with Gasteiger partial charge in [0.2, 0.25) is 0 Å². The normalized spacial score (nSPS) is 5.33. The van der Waals surface area contributed by atoms with Gasteiger partial charge in [0.15, 0.2) is 0 Å². The van der Waals surface area contributed by atoms with Gasteiger partial charge in [-0.2, -0.15) is 0 Å². The summed E-state index contributed by atoms with van der Waals surface area (Å²) >= 11 is 0. The Hall–Kier alpha value is -0.860. The van der Waals surface area contributed by atoms with Crippen LogP contribution in [0.1, 0.15) is 7.43 Å². The predicted octanol–water partition coefficient (Wildman–Crippen LogP) is 0.357. The Morgan fingerprint density at radius 3 is 2.00 bits per heavy atom. The second kappa shape index (κ2) is 4.14. The SMILES string of the molecule is C.N=CC(=O)O. The van der Waals surface area contributed by atoms with Gasteiger partial charge in [-0.15, -0.1) is 0 Å². The number of carboxylic acids is 1. The van der Waals surface area contributed by atoms with Crippen LogP contribution in [0, 0.1) is 5.41 Å². The van der Waals surface area contributed by atoms with E-state index in [1.54, 1.807) is 0 Å². The molecular weight excluding hydrogens is 82.0 g/mol. The fourth-order valence-corrected chi connectivity index (χ4v) is 0. The van der Waals surface area contributed by atoms with Crippen LogP contribution in [-0.2, 0) is 4.79 Å². The molecule has 0 unspecified atom stereocenters. The maximum atomic E-state index is 9.12. The highest BCUT2D eigenvalue weighted by molar-refractivity contribution is 6.20. The van der Waals surface area contributed by atoms with E-state index in [0.717, 1.165) is 0 Å². The molecule has 0 spiro atoms. The third kappa shape index (κ3) is 11.1. The zero-order valence-corrected chi connectivity index (χ0v) is 2.43. The first-order valence-electron chi connectivity index (χ1n) is 1.01. The Morgan fingerprint density at radius 2 is 2.00 bits per heavy atom. The molecule has 36 valence electrons. The van der Waals surface area contributed by atoms with Crippen molar-refractivity contribution in [2.24, 2.45) is 0 Å². The van der Waals surface area contributed by atoms with E-state index in [-0.39, 0.29) is 7.43 Å². The van der Waals surface area contributed by atoms with E-state index in [1.165, 1.54) is 0 Å². The van der Waals surface area contributed by atoms with E-state index in [0.29, 0.717) is 6.21 Å². The molecule has 0 aliphatic carbocycles. The number of carboxylic acid groups (broad SMARTS) is 1. The number of rotatable bonds is 1. The van der Waals surface area contributed by atoms with Crippen molar-refractivity contribution in [2.45, 2.75) is 7.43 Å². The molecule has 0 aromatic heterocycles. The molecule has 6 heavy (non-hydrogen) atoms. The monoisotopic (exact) mass is 89.0 g/mol. The summed E-state index contributed by atoms with van der Waals surface area (Å²) in [7, 11) is 0. The lowest BCUT2D eigenvalue weighted by atomic mass is 10.8. The molecule has 0 bridgehead atoms. The van der Waals surface area contributed by atoms with Gasteiger partial charge < -0.3 is 10.5 Å². The first-order chi connectivity index (χ1) is 2.27. The number of nitrogens with one attached hydrogen (secondary N) is 1. The van der Waals surface area contributed by atoms with Gasteiger partial charge in [-0.3, -0.25) is 0 Å². The molecule has 0 aromatic rings. The van der Waals surface area contributed by atoms with Gasteiger partial charge in [-0.05, 0) is 0 Å². The van der Waals surface area contributed by atoms with Crippen molar-refractivity contribution in [1.29, 1.82) is 5.41 Å². The standard InChI is InChI=1S/C2H3NO2.CH4/c3-1-2(4)5;/h1,3H,(H,4,5);1H4. The first kappa shape index (κ1) is 8.94. The van der Waals surface area contributed by atoms with Crippen LogP contribution < -0.4 is 0 Å². The van der Waals surface area contributed by atoms with Crippen molar-refractivity contribution >= 4 is 12.2 Å². The number of hydrogen-bond acceptors (Lipinski definition) is 2. The summed E-state index contributed by atoms with van der Waals surface area (Å²) in [6.45, 7) is 0. The molecule has 0 heterocycles. The molecule has 3 nitrogen and oxygen atoms in total. The maximum absolute atomic E-state index is 9.12. The smallest absolute Gasteiger partial charge is 0.346 e. The van der Waals surface area contributed by atoms with E-state index < -0.39 is 5.97 Å². The average molecular weight is 89.1 g/mol. The van der Waals surface area contributed by atoms with Crippen molar-refractivity contribution < 1.29 is 9.90 Å². The van der Waals surface area contributed by atoms with Crippen LogP contribution in [0.4, 0.5) is 0 Å². The van der Waals surface area contributed by atoms with Crippen molar-refractivity contribution in [3.05, 3.63) is 0 Å². The minimum atomic E-state index is -1.20. The summed E-state index contributed by atoms with van der Waals surface area (Å²) < 4.78 is 0. The quantitative estimate of drug-likeness (QED) is 0.455. The van der Waals surface area contributed by atoms with Crippen molar-refractivity contribution in [3.63, 3.8) is 0 Å². The maximum Gasteiger partial charge on any atom is 0.346 e. The Kier molecular flexibility index (Phi) is 6.17. The fourth-order valence-electron chi connectivity index (χ4n) is 0. The zero-order valence-electron chi connectivity index (χ0n) is 2.43. The van der Waals surface area contributed by atoms with Crippen molar-refractivity contribution in [2.75, 3.05) is 0 Å². The van der Waals surface area contributed by atoms with Crippen LogP contribution in [0.5, 0.6) is 0 Å². The van der Waals surface area contributed by atoms with Gasteiger partial charge in [-0.1, -0.05) is 7.43 Å². The van der Waals surface area contributed by atoms with Crippen LogP contribution in [0.15, 0.2) is 0 Å². The third-order valence-electron chi connectivity index (χ3n) is 0.123. The Balaban J connectivity index is 0. The summed E-state index contributed by atoms with van der Waals surface area (Å²) in [6, 6.07) is 0. The molecule has 0 amide bonds. The Morgan fingerprint density at radius 1 is 1.83 bits per heavy atom. The lowest BCUT2D eigenvalue weighted by Gasteiger charge is -1.63. The number of hydrogen-bond donors (Lipinski definition) is 2. The lowest BCUT2D eigenvalue weighted by molar-refractivity contribution is -0.128. The van der Waals surface area contributed by atoms with Crippen LogP contribution in [-0.4, -0.2) is 17.3 Å². The van der Waals surface area contributed by atoms with E-state index in [2.05, 4.69) is 0 Å². The summed E-state index contributed by atoms with van der Waals surface area (Å²) in [5.41, 5.74) is 0. The Labute approximate surface area is 36.1 Å². The second-order valence-corrected chi connectivity index (χ2v) is 0.483. The minimum Gasteiger partial charge on any atom is -0.477 e. The van der Waals surface area contributed by atoms with Crippen LogP contribution in [0.2, 0.25) is 0 Å². The van der Waals surface area contributed by atoms with Gasteiger partial charge in [0, 0.05) is 0 Å². The third-order valence-corrected chi connectivity index (χ3v) is 0.123. The van der Waals surface area contributed by atoms with Gasteiger partial charge in [-0.25, -0.2) is 4.79 Å².